The fourth-order valence-corrected chi connectivity index (χ4v) is 1.77. The van der Waals surface area contributed by atoms with Gasteiger partial charge in [-0.05, 0) is 34.7 Å². The molecule has 0 aliphatic rings. The van der Waals surface area contributed by atoms with Gasteiger partial charge < -0.3 is 15.3 Å². The number of tetrazole rings is 1. The number of nitrogens with zero attached hydrogens (tertiary/aromatic N) is 5. The van der Waals surface area contributed by atoms with Gasteiger partial charge in [0.05, 0.1) is 11.8 Å². The van der Waals surface area contributed by atoms with Gasteiger partial charge in [0.2, 0.25) is 0 Å². The zero-order chi connectivity index (χ0) is 15.5. The van der Waals surface area contributed by atoms with E-state index in [-0.39, 0.29) is 11.5 Å². The highest BCUT2D eigenvalue weighted by Crippen LogP contribution is 2.22. The van der Waals surface area contributed by atoms with Gasteiger partial charge >= 0.3 is 5.97 Å². The molecule has 0 bridgehead atoms. The summed E-state index contributed by atoms with van der Waals surface area (Å²) in [4.78, 5) is 12.0. The summed E-state index contributed by atoms with van der Waals surface area (Å²) in [6.45, 7) is 0. The lowest BCUT2D eigenvalue weighted by atomic mass is 10.1. The molecule has 0 amide bonds. The number of rotatable bonds is 4. The van der Waals surface area contributed by atoms with Crippen LogP contribution in [0, 0.1) is 0 Å². The summed E-state index contributed by atoms with van der Waals surface area (Å²) in [5.74, 6) is 0.0291. The Morgan fingerprint density at radius 1 is 1.36 bits per heavy atom. The second-order valence-corrected chi connectivity index (χ2v) is 4.26. The SMILES string of the molecule is Nc1nnnn1/N=C/c1ccc(-c2cccc(C(=O)O)c2)o1. The molecule has 0 saturated heterocycles. The normalized spacial score (nSPS) is 11.1. The van der Waals surface area contributed by atoms with Crippen molar-refractivity contribution in [2.45, 2.75) is 0 Å². The lowest BCUT2D eigenvalue weighted by Gasteiger charge is -1.98. The third-order valence-corrected chi connectivity index (χ3v) is 2.79. The molecule has 0 spiro atoms. The maximum atomic E-state index is 11.0. The second kappa shape index (κ2) is 5.48. The molecule has 110 valence electrons. The molecule has 3 N–H and O–H groups in total. The number of hydrogen-bond acceptors (Lipinski definition) is 7. The predicted octanol–water partition coefficient (Wildman–Crippen LogP) is 1.10. The molecule has 0 aliphatic carbocycles. The summed E-state index contributed by atoms with van der Waals surface area (Å²) in [7, 11) is 0. The highest BCUT2D eigenvalue weighted by atomic mass is 16.4. The first kappa shape index (κ1) is 13.5. The van der Waals surface area contributed by atoms with E-state index in [9.17, 15) is 4.79 Å². The summed E-state index contributed by atoms with van der Waals surface area (Å²) >= 11 is 0. The summed E-state index contributed by atoms with van der Waals surface area (Å²) < 4.78 is 5.58. The van der Waals surface area contributed by atoms with Crippen LogP contribution in [0.15, 0.2) is 45.9 Å². The molecule has 0 aliphatic heterocycles. The van der Waals surface area contributed by atoms with Gasteiger partial charge in [-0.1, -0.05) is 22.0 Å². The van der Waals surface area contributed by atoms with E-state index in [1.54, 1.807) is 24.3 Å². The second-order valence-electron chi connectivity index (χ2n) is 4.26. The lowest BCUT2D eigenvalue weighted by molar-refractivity contribution is 0.0697. The summed E-state index contributed by atoms with van der Waals surface area (Å²) in [6, 6.07) is 9.85. The minimum atomic E-state index is -0.996. The Labute approximate surface area is 123 Å². The van der Waals surface area contributed by atoms with Crippen LogP contribution in [0.1, 0.15) is 16.1 Å². The van der Waals surface area contributed by atoms with E-state index in [0.717, 1.165) is 4.79 Å². The van der Waals surface area contributed by atoms with E-state index in [2.05, 4.69) is 20.6 Å². The third-order valence-electron chi connectivity index (χ3n) is 2.79. The average molecular weight is 298 g/mol. The first-order valence-electron chi connectivity index (χ1n) is 6.15. The number of carboxylic acid groups (broad SMARTS) is 1. The molecule has 0 unspecified atom stereocenters. The summed E-state index contributed by atoms with van der Waals surface area (Å²) in [5, 5.41) is 23.3. The highest BCUT2D eigenvalue weighted by Gasteiger charge is 2.08. The Morgan fingerprint density at radius 3 is 2.95 bits per heavy atom. The van der Waals surface area contributed by atoms with Crippen LogP contribution < -0.4 is 5.73 Å². The van der Waals surface area contributed by atoms with Crippen LogP contribution in [0.25, 0.3) is 11.3 Å². The molecule has 0 fully saturated rings. The molecular formula is C13H10N6O3. The highest BCUT2D eigenvalue weighted by molar-refractivity contribution is 5.89. The Hall–Kier alpha value is -3.49. The van der Waals surface area contributed by atoms with Gasteiger partial charge in [0.1, 0.15) is 11.5 Å². The first-order chi connectivity index (χ1) is 10.6. The fraction of sp³-hybridized carbons (Fsp3) is 0. The van der Waals surface area contributed by atoms with Gasteiger partial charge in [0.15, 0.2) is 0 Å². The molecule has 0 saturated carbocycles. The van der Waals surface area contributed by atoms with E-state index in [4.69, 9.17) is 15.3 Å². The van der Waals surface area contributed by atoms with Crippen LogP contribution in [0.5, 0.6) is 0 Å². The van der Waals surface area contributed by atoms with Crippen LogP contribution in [-0.2, 0) is 0 Å². The summed E-state index contributed by atoms with van der Waals surface area (Å²) in [5.41, 5.74) is 6.31. The number of aromatic nitrogens is 4. The largest absolute Gasteiger partial charge is 0.478 e. The quantitative estimate of drug-likeness (QED) is 0.689. The number of aromatic carboxylic acids is 1. The number of furan rings is 1. The molecule has 3 rings (SSSR count). The smallest absolute Gasteiger partial charge is 0.335 e. The molecule has 2 aromatic heterocycles. The van der Waals surface area contributed by atoms with Crippen molar-refractivity contribution < 1.29 is 14.3 Å². The first-order valence-corrected chi connectivity index (χ1v) is 6.15. The predicted molar refractivity (Wildman–Crippen MR) is 76.3 cm³/mol. The van der Waals surface area contributed by atoms with Crippen LogP contribution in [0.3, 0.4) is 0 Å². The van der Waals surface area contributed by atoms with Gasteiger partial charge in [0.25, 0.3) is 5.95 Å². The molecule has 2 heterocycles. The summed E-state index contributed by atoms with van der Waals surface area (Å²) in [6.07, 6.45) is 1.40. The van der Waals surface area contributed by atoms with Crippen molar-refractivity contribution in [2.75, 3.05) is 5.73 Å². The van der Waals surface area contributed by atoms with E-state index < -0.39 is 5.97 Å². The zero-order valence-corrected chi connectivity index (χ0v) is 11.1. The molecule has 1 aromatic carbocycles. The van der Waals surface area contributed by atoms with Crippen molar-refractivity contribution in [1.29, 1.82) is 0 Å². The molecule has 9 nitrogen and oxygen atoms in total. The molecule has 0 atom stereocenters. The number of nitrogens with two attached hydrogens (primary N) is 1. The van der Waals surface area contributed by atoms with E-state index in [1.807, 2.05) is 0 Å². The van der Waals surface area contributed by atoms with Crippen molar-refractivity contribution in [3.8, 4) is 11.3 Å². The zero-order valence-electron chi connectivity index (χ0n) is 11.1. The number of carbonyl (C=O) groups is 1. The van der Waals surface area contributed by atoms with E-state index in [0.29, 0.717) is 17.1 Å². The monoisotopic (exact) mass is 298 g/mol. The van der Waals surface area contributed by atoms with Crippen LogP contribution in [-0.4, -0.2) is 37.6 Å². The van der Waals surface area contributed by atoms with Crippen LogP contribution in [0.4, 0.5) is 5.95 Å². The van der Waals surface area contributed by atoms with Crippen molar-refractivity contribution in [3.05, 3.63) is 47.7 Å². The van der Waals surface area contributed by atoms with Gasteiger partial charge in [-0.3, -0.25) is 0 Å². The van der Waals surface area contributed by atoms with Crippen molar-refractivity contribution in [1.82, 2.24) is 20.3 Å². The maximum Gasteiger partial charge on any atom is 0.335 e. The Bertz CT molecular complexity index is 851. The van der Waals surface area contributed by atoms with Crippen molar-refractivity contribution in [2.24, 2.45) is 5.10 Å². The van der Waals surface area contributed by atoms with Crippen molar-refractivity contribution >= 4 is 18.1 Å². The van der Waals surface area contributed by atoms with Gasteiger partial charge in [-0.2, -0.15) is 5.10 Å². The third kappa shape index (κ3) is 2.68. The van der Waals surface area contributed by atoms with Crippen LogP contribution >= 0.6 is 0 Å². The maximum absolute atomic E-state index is 11.0. The lowest BCUT2D eigenvalue weighted by Crippen LogP contribution is -1.99. The number of benzene rings is 1. The minimum Gasteiger partial charge on any atom is -0.478 e. The fourth-order valence-electron chi connectivity index (χ4n) is 1.77. The number of anilines is 1. The Morgan fingerprint density at radius 2 is 2.23 bits per heavy atom. The van der Waals surface area contributed by atoms with Crippen LogP contribution in [0.2, 0.25) is 0 Å². The number of hydrogen-bond donors (Lipinski definition) is 2. The Balaban J connectivity index is 1.85. The Kier molecular flexibility index (Phi) is 3.36. The standard InChI is InChI=1S/C13H10N6O3/c14-13-16-17-18-19(13)15-7-10-4-5-11(22-10)8-2-1-3-9(6-8)12(20)21/h1-7H,(H,20,21)(H2,14,16,18)/b15-7+. The van der Waals surface area contributed by atoms with E-state index >= 15 is 0 Å². The van der Waals surface area contributed by atoms with Gasteiger partial charge in [-0.25, -0.2) is 4.79 Å². The molecule has 3 aromatic rings. The minimum absolute atomic E-state index is 0.0530. The van der Waals surface area contributed by atoms with E-state index in [1.165, 1.54) is 18.3 Å². The topological polar surface area (TPSA) is 132 Å². The molecule has 22 heavy (non-hydrogen) atoms. The molecule has 0 radical (unpaired) electrons. The molecular weight excluding hydrogens is 288 g/mol. The molecule has 9 heteroatoms. The van der Waals surface area contributed by atoms with Crippen molar-refractivity contribution in [3.63, 3.8) is 0 Å². The average Bonchev–Trinajstić information content (AvgIpc) is 3.14. The number of nitrogen functional groups attached to an aromatic ring is 1. The van der Waals surface area contributed by atoms with Gasteiger partial charge in [0, 0.05) is 5.56 Å². The number of carboxylic acids is 1. The van der Waals surface area contributed by atoms with Gasteiger partial charge in [-0.15, -0.1) is 0 Å².